The zero-order valence-electron chi connectivity index (χ0n) is 11.7. The summed E-state index contributed by atoms with van der Waals surface area (Å²) < 4.78 is 0. The summed E-state index contributed by atoms with van der Waals surface area (Å²) in [6, 6.07) is 13.1. The van der Waals surface area contributed by atoms with Crippen molar-refractivity contribution in [2.75, 3.05) is 0 Å². The fraction of sp³-hybridized carbons (Fsp3) is 0.176. The number of amides is 2. The van der Waals surface area contributed by atoms with Crippen molar-refractivity contribution in [2.24, 2.45) is 0 Å². The number of imide groups is 1. The molecule has 0 saturated carbocycles. The van der Waals surface area contributed by atoms with Gasteiger partial charge in [0.05, 0.1) is 17.7 Å². The second-order valence-corrected chi connectivity index (χ2v) is 6.29. The van der Waals surface area contributed by atoms with Crippen molar-refractivity contribution in [3.63, 3.8) is 0 Å². The standard InChI is InChI=1S/C17H13Br2NO2/c18-8-11-5-12(9-19)7-13(6-11)10-20-16(21)14-3-1-2-4-15(14)17(20)22/h1-7H,8-10H2. The highest BCUT2D eigenvalue weighted by Crippen LogP contribution is 2.25. The fourth-order valence-corrected chi connectivity index (χ4v) is 3.30. The van der Waals surface area contributed by atoms with Crippen molar-refractivity contribution in [3.8, 4) is 0 Å². The summed E-state index contributed by atoms with van der Waals surface area (Å²) in [5, 5.41) is 1.48. The first-order chi connectivity index (χ1) is 10.6. The Hall–Kier alpha value is -1.46. The van der Waals surface area contributed by atoms with Crippen LogP contribution >= 0.6 is 31.9 Å². The largest absolute Gasteiger partial charge is 0.270 e. The predicted octanol–water partition coefficient (Wildman–Crippen LogP) is 4.27. The first-order valence-electron chi connectivity index (χ1n) is 6.83. The van der Waals surface area contributed by atoms with Crippen LogP contribution in [0.2, 0.25) is 0 Å². The minimum absolute atomic E-state index is 0.217. The molecular formula is C17H13Br2NO2. The van der Waals surface area contributed by atoms with Crippen LogP contribution < -0.4 is 0 Å². The Labute approximate surface area is 145 Å². The first kappa shape index (κ1) is 15.4. The monoisotopic (exact) mass is 421 g/mol. The molecule has 1 aliphatic heterocycles. The molecule has 2 aromatic rings. The van der Waals surface area contributed by atoms with Crippen LogP contribution in [-0.2, 0) is 17.2 Å². The maximum absolute atomic E-state index is 12.4. The zero-order valence-corrected chi connectivity index (χ0v) is 14.9. The number of hydrogen-bond acceptors (Lipinski definition) is 2. The molecular weight excluding hydrogens is 410 g/mol. The maximum Gasteiger partial charge on any atom is 0.261 e. The number of benzene rings is 2. The fourth-order valence-electron chi connectivity index (χ4n) is 2.65. The molecule has 0 unspecified atom stereocenters. The summed E-state index contributed by atoms with van der Waals surface area (Å²) in [6.07, 6.45) is 0. The lowest BCUT2D eigenvalue weighted by atomic mass is 10.1. The molecule has 1 heterocycles. The molecule has 5 heteroatoms. The molecule has 0 fully saturated rings. The van der Waals surface area contributed by atoms with E-state index in [2.05, 4.69) is 37.9 Å². The first-order valence-corrected chi connectivity index (χ1v) is 9.07. The number of nitrogens with zero attached hydrogens (tertiary/aromatic N) is 1. The number of carbonyl (C=O) groups excluding carboxylic acids is 2. The zero-order chi connectivity index (χ0) is 15.7. The van der Waals surface area contributed by atoms with E-state index < -0.39 is 0 Å². The van der Waals surface area contributed by atoms with Crippen molar-refractivity contribution < 1.29 is 9.59 Å². The van der Waals surface area contributed by atoms with Gasteiger partial charge >= 0.3 is 0 Å². The SMILES string of the molecule is O=C1c2ccccc2C(=O)N1Cc1cc(CBr)cc(CBr)c1. The quantitative estimate of drug-likeness (QED) is 0.544. The molecule has 0 aliphatic carbocycles. The second kappa shape index (κ2) is 6.34. The van der Waals surface area contributed by atoms with Crippen LogP contribution in [0.25, 0.3) is 0 Å². The Morgan fingerprint density at radius 3 is 1.68 bits per heavy atom. The summed E-state index contributed by atoms with van der Waals surface area (Å²) in [5.41, 5.74) is 4.20. The van der Waals surface area contributed by atoms with Crippen molar-refractivity contribution >= 4 is 43.7 Å². The van der Waals surface area contributed by atoms with Crippen LogP contribution in [0.1, 0.15) is 37.4 Å². The lowest BCUT2D eigenvalue weighted by Gasteiger charge is -2.15. The minimum atomic E-state index is -0.217. The van der Waals surface area contributed by atoms with E-state index in [0.29, 0.717) is 17.7 Å². The number of carbonyl (C=O) groups is 2. The number of rotatable bonds is 4. The Balaban J connectivity index is 1.92. The smallest absolute Gasteiger partial charge is 0.261 e. The molecule has 2 amide bonds. The van der Waals surface area contributed by atoms with Gasteiger partial charge in [-0.25, -0.2) is 0 Å². The van der Waals surface area contributed by atoms with Gasteiger partial charge in [-0.3, -0.25) is 14.5 Å². The third kappa shape index (κ3) is 2.75. The highest BCUT2D eigenvalue weighted by atomic mass is 79.9. The topological polar surface area (TPSA) is 37.4 Å². The number of fused-ring (bicyclic) bond motifs is 1. The molecule has 0 spiro atoms. The Morgan fingerprint density at radius 2 is 1.23 bits per heavy atom. The molecule has 22 heavy (non-hydrogen) atoms. The van der Waals surface area contributed by atoms with Crippen molar-refractivity contribution in [1.29, 1.82) is 0 Å². The van der Waals surface area contributed by atoms with Gasteiger partial charge in [0.1, 0.15) is 0 Å². The summed E-state index contributed by atoms with van der Waals surface area (Å²) in [5.74, 6) is -0.435. The molecule has 3 rings (SSSR count). The minimum Gasteiger partial charge on any atom is -0.270 e. The molecule has 3 nitrogen and oxygen atoms in total. The lowest BCUT2D eigenvalue weighted by molar-refractivity contribution is 0.0642. The van der Waals surface area contributed by atoms with Crippen LogP contribution in [-0.4, -0.2) is 16.7 Å². The lowest BCUT2D eigenvalue weighted by Crippen LogP contribution is -2.29. The molecule has 1 aliphatic rings. The normalized spacial score (nSPS) is 13.6. The van der Waals surface area contributed by atoms with Crippen LogP contribution in [0.3, 0.4) is 0 Å². The van der Waals surface area contributed by atoms with E-state index in [0.717, 1.165) is 27.4 Å². The van der Waals surface area contributed by atoms with Gasteiger partial charge in [0.15, 0.2) is 0 Å². The van der Waals surface area contributed by atoms with Gasteiger partial charge < -0.3 is 0 Å². The third-order valence-corrected chi connectivity index (χ3v) is 4.93. The van der Waals surface area contributed by atoms with Crippen molar-refractivity contribution in [1.82, 2.24) is 4.90 Å². The van der Waals surface area contributed by atoms with E-state index in [1.807, 2.05) is 12.1 Å². The van der Waals surface area contributed by atoms with Gasteiger partial charge in [-0.2, -0.15) is 0 Å². The van der Waals surface area contributed by atoms with E-state index in [9.17, 15) is 9.59 Å². The van der Waals surface area contributed by atoms with Crippen molar-refractivity contribution in [3.05, 3.63) is 70.3 Å². The van der Waals surface area contributed by atoms with Gasteiger partial charge in [-0.15, -0.1) is 0 Å². The predicted molar refractivity (Wildman–Crippen MR) is 92.4 cm³/mol. The number of halogens is 2. The average molecular weight is 423 g/mol. The maximum atomic E-state index is 12.4. The summed E-state index contributed by atoms with van der Waals surface area (Å²) in [4.78, 5) is 26.1. The Kier molecular flexibility index (Phi) is 4.45. The highest BCUT2D eigenvalue weighted by molar-refractivity contribution is 9.08. The summed E-state index contributed by atoms with van der Waals surface area (Å²) in [6.45, 7) is 0.299. The van der Waals surface area contributed by atoms with Crippen molar-refractivity contribution in [2.45, 2.75) is 17.2 Å². The molecule has 0 N–H and O–H groups in total. The molecule has 0 aromatic heterocycles. The average Bonchev–Trinajstić information content (AvgIpc) is 2.80. The number of alkyl halides is 2. The van der Waals surface area contributed by atoms with E-state index >= 15 is 0 Å². The van der Waals surface area contributed by atoms with E-state index in [4.69, 9.17) is 0 Å². The van der Waals surface area contributed by atoms with Gasteiger partial charge in [0.2, 0.25) is 0 Å². The highest BCUT2D eigenvalue weighted by Gasteiger charge is 2.34. The second-order valence-electron chi connectivity index (χ2n) is 5.17. The van der Waals surface area contributed by atoms with Gasteiger partial charge in [0, 0.05) is 10.7 Å². The molecule has 0 atom stereocenters. The van der Waals surface area contributed by atoms with E-state index in [1.54, 1.807) is 24.3 Å². The van der Waals surface area contributed by atoms with E-state index in [-0.39, 0.29) is 11.8 Å². The molecule has 0 saturated heterocycles. The van der Waals surface area contributed by atoms with Crippen LogP contribution in [0.15, 0.2) is 42.5 Å². The van der Waals surface area contributed by atoms with Gasteiger partial charge in [-0.05, 0) is 28.8 Å². The summed E-state index contributed by atoms with van der Waals surface area (Å²) in [7, 11) is 0. The van der Waals surface area contributed by atoms with Gasteiger partial charge in [0.25, 0.3) is 11.8 Å². The number of hydrogen-bond donors (Lipinski definition) is 0. The molecule has 112 valence electrons. The Morgan fingerprint density at radius 1 is 0.773 bits per heavy atom. The third-order valence-electron chi connectivity index (χ3n) is 3.64. The van der Waals surface area contributed by atoms with Crippen LogP contribution in [0.4, 0.5) is 0 Å². The summed E-state index contributed by atoms with van der Waals surface area (Å²) >= 11 is 6.90. The molecule has 0 radical (unpaired) electrons. The van der Waals surface area contributed by atoms with Crippen LogP contribution in [0.5, 0.6) is 0 Å². The van der Waals surface area contributed by atoms with Crippen LogP contribution in [0, 0.1) is 0 Å². The van der Waals surface area contributed by atoms with Gasteiger partial charge in [-0.1, -0.05) is 62.2 Å². The molecule has 0 bridgehead atoms. The molecule has 2 aromatic carbocycles. The Bertz CT molecular complexity index is 701. The van der Waals surface area contributed by atoms with E-state index in [1.165, 1.54) is 4.90 Å².